The van der Waals surface area contributed by atoms with E-state index in [0.29, 0.717) is 6.04 Å². The van der Waals surface area contributed by atoms with Crippen molar-refractivity contribution in [2.24, 2.45) is 7.05 Å². The van der Waals surface area contributed by atoms with Gasteiger partial charge in [0.2, 0.25) is 0 Å². The normalized spacial score (nSPS) is 12.6. The Kier molecular flexibility index (Phi) is 4.77. The number of hydrogen-bond acceptors (Lipinski definition) is 2. The van der Waals surface area contributed by atoms with E-state index >= 15 is 0 Å². The highest BCUT2D eigenvalue weighted by Gasteiger charge is 2.10. The summed E-state index contributed by atoms with van der Waals surface area (Å²) in [6.07, 6.45) is 3.07. The van der Waals surface area contributed by atoms with E-state index in [1.54, 1.807) is 0 Å². The van der Waals surface area contributed by atoms with Crippen LogP contribution in [0.2, 0.25) is 0 Å². The van der Waals surface area contributed by atoms with Gasteiger partial charge in [-0.2, -0.15) is 5.10 Å². The van der Waals surface area contributed by atoms with Crippen molar-refractivity contribution in [1.82, 2.24) is 15.1 Å². The van der Waals surface area contributed by atoms with Crippen LogP contribution in [0.3, 0.4) is 0 Å². The number of aromatic nitrogens is 2. The van der Waals surface area contributed by atoms with Gasteiger partial charge in [0.15, 0.2) is 0 Å². The van der Waals surface area contributed by atoms with Gasteiger partial charge in [0.05, 0.1) is 5.69 Å². The minimum atomic E-state index is 0.306. The highest BCUT2D eigenvalue weighted by atomic mass is 79.9. The fourth-order valence-electron chi connectivity index (χ4n) is 2.23. The molecule has 1 aromatic heterocycles. The molecule has 0 saturated carbocycles. The molecule has 1 aromatic carbocycles. The van der Waals surface area contributed by atoms with Crippen LogP contribution in [0, 0.1) is 0 Å². The Morgan fingerprint density at radius 1 is 1.37 bits per heavy atom. The largest absolute Gasteiger partial charge is 0.306 e. The van der Waals surface area contributed by atoms with Crippen molar-refractivity contribution in [1.29, 1.82) is 0 Å². The van der Waals surface area contributed by atoms with E-state index in [1.807, 2.05) is 17.8 Å². The molecule has 102 valence electrons. The summed E-state index contributed by atoms with van der Waals surface area (Å²) < 4.78 is 3.04. The van der Waals surface area contributed by atoms with E-state index in [9.17, 15) is 0 Å². The van der Waals surface area contributed by atoms with Gasteiger partial charge >= 0.3 is 0 Å². The molecule has 0 spiro atoms. The highest BCUT2D eigenvalue weighted by molar-refractivity contribution is 9.10. The third-order valence-corrected chi connectivity index (χ3v) is 4.02. The maximum absolute atomic E-state index is 4.46. The van der Waals surface area contributed by atoms with Crippen molar-refractivity contribution in [2.75, 3.05) is 0 Å². The smallest absolute Gasteiger partial charge is 0.0666 e. The predicted molar refractivity (Wildman–Crippen MR) is 82.0 cm³/mol. The molecule has 0 bridgehead atoms. The van der Waals surface area contributed by atoms with Crippen molar-refractivity contribution in [3.05, 3.63) is 51.8 Å². The molecule has 3 nitrogen and oxygen atoms in total. The SMILES string of the molecule is CCc1nn(C)cc1CN[C@@H](C)c1ccccc1Br. The number of nitrogens with zero attached hydrogens (tertiary/aromatic N) is 2. The van der Waals surface area contributed by atoms with Crippen LogP contribution in [0.1, 0.15) is 36.7 Å². The Labute approximate surface area is 123 Å². The van der Waals surface area contributed by atoms with Gasteiger partial charge in [-0.25, -0.2) is 0 Å². The molecule has 0 unspecified atom stereocenters. The summed E-state index contributed by atoms with van der Waals surface area (Å²) in [5, 5.41) is 8.03. The van der Waals surface area contributed by atoms with Gasteiger partial charge in [0.1, 0.15) is 0 Å². The van der Waals surface area contributed by atoms with E-state index < -0.39 is 0 Å². The Morgan fingerprint density at radius 3 is 2.79 bits per heavy atom. The summed E-state index contributed by atoms with van der Waals surface area (Å²) in [4.78, 5) is 0. The first kappa shape index (κ1) is 14.3. The van der Waals surface area contributed by atoms with Crippen molar-refractivity contribution in [2.45, 2.75) is 32.9 Å². The molecule has 1 N–H and O–H groups in total. The number of halogens is 1. The molecule has 0 amide bonds. The van der Waals surface area contributed by atoms with E-state index in [4.69, 9.17) is 0 Å². The molecule has 1 heterocycles. The first-order valence-corrected chi connectivity index (χ1v) is 7.40. The van der Waals surface area contributed by atoms with Crippen LogP contribution in [0.25, 0.3) is 0 Å². The number of benzene rings is 1. The molecule has 0 saturated heterocycles. The molecular weight excluding hydrogens is 302 g/mol. The van der Waals surface area contributed by atoms with Gasteiger partial charge in [-0.15, -0.1) is 0 Å². The lowest BCUT2D eigenvalue weighted by Gasteiger charge is -2.15. The molecule has 2 aromatic rings. The minimum Gasteiger partial charge on any atom is -0.306 e. The zero-order chi connectivity index (χ0) is 13.8. The lowest BCUT2D eigenvalue weighted by atomic mass is 10.1. The fourth-order valence-corrected chi connectivity index (χ4v) is 2.86. The van der Waals surface area contributed by atoms with Crippen LogP contribution in [-0.2, 0) is 20.0 Å². The van der Waals surface area contributed by atoms with Crippen molar-refractivity contribution in [3.8, 4) is 0 Å². The van der Waals surface area contributed by atoms with Crippen molar-refractivity contribution < 1.29 is 0 Å². The van der Waals surface area contributed by atoms with Crippen LogP contribution >= 0.6 is 15.9 Å². The van der Waals surface area contributed by atoms with E-state index in [2.05, 4.69) is 64.6 Å². The molecule has 0 aliphatic carbocycles. The second-order valence-corrected chi connectivity index (χ2v) is 5.61. The molecule has 0 radical (unpaired) electrons. The quantitative estimate of drug-likeness (QED) is 0.911. The molecule has 19 heavy (non-hydrogen) atoms. The van der Waals surface area contributed by atoms with E-state index in [-0.39, 0.29) is 0 Å². The van der Waals surface area contributed by atoms with Gasteiger partial charge in [0.25, 0.3) is 0 Å². The summed E-state index contributed by atoms with van der Waals surface area (Å²) in [6.45, 7) is 5.17. The number of rotatable bonds is 5. The monoisotopic (exact) mass is 321 g/mol. The molecule has 4 heteroatoms. The highest BCUT2D eigenvalue weighted by Crippen LogP contribution is 2.23. The first-order valence-electron chi connectivity index (χ1n) is 6.61. The van der Waals surface area contributed by atoms with Crippen LogP contribution < -0.4 is 5.32 Å². The summed E-state index contributed by atoms with van der Waals surface area (Å²) >= 11 is 3.60. The van der Waals surface area contributed by atoms with Gasteiger partial charge in [-0.05, 0) is 25.0 Å². The number of hydrogen-bond donors (Lipinski definition) is 1. The summed E-state index contributed by atoms with van der Waals surface area (Å²) in [7, 11) is 1.97. The summed E-state index contributed by atoms with van der Waals surface area (Å²) in [5.74, 6) is 0. The minimum absolute atomic E-state index is 0.306. The first-order chi connectivity index (χ1) is 9.11. The maximum Gasteiger partial charge on any atom is 0.0666 e. The van der Waals surface area contributed by atoms with Gasteiger partial charge in [-0.1, -0.05) is 41.1 Å². The summed E-state index contributed by atoms with van der Waals surface area (Å²) in [5.41, 5.74) is 3.74. The van der Waals surface area contributed by atoms with Gasteiger partial charge < -0.3 is 5.32 Å². The van der Waals surface area contributed by atoms with Crippen molar-refractivity contribution >= 4 is 15.9 Å². The van der Waals surface area contributed by atoms with E-state index in [0.717, 1.165) is 17.4 Å². The Morgan fingerprint density at radius 2 is 2.11 bits per heavy atom. The Balaban J connectivity index is 2.04. The molecule has 2 rings (SSSR count). The maximum atomic E-state index is 4.46. The van der Waals surface area contributed by atoms with Gasteiger partial charge in [0, 0.05) is 35.9 Å². The average Bonchev–Trinajstić information content (AvgIpc) is 2.77. The third-order valence-electron chi connectivity index (χ3n) is 3.30. The average molecular weight is 322 g/mol. The third kappa shape index (κ3) is 3.45. The van der Waals surface area contributed by atoms with Crippen LogP contribution in [0.15, 0.2) is 34.9 Å². The van der Waals surface area contributed by atoms with Crippen LogP contribution in [-0.4, -0.2) is 9.78 Å². The molecule has 0 fully saturated rings. The molecule has 0 aliphatic rings. The number of nitrogens with one attached hydrogen (secondary N) is 1. The van der Waals surface area contributed by atoms with Crippen LogP contribution in [0.4, 0.5) is 0 Å². The van der Waals surface area contributed by atoms with Gasteiger partial charge in [-0.3, -0.25) is 4.68 Å². The van der Waals surface area contributed by atoms with Crippen molar-refractivity contribution in [3.63, 3.8) is 0 Å². The lowest BCUT2D eigenvalue weighted by Crippen LogP contribution is -2.18. The lowest BCUT2D eigenvalue weighted by molar-refractivity contribution is 0.570. The Hall–Kier alpha value is -1.13. The standard InChI is InChI=1S/C15H20BrN3/c1-4-15-12(10-19(3)18-15)9-17-11(2)13-7-5-6-8-14(13)16/h5-8,10-11,17H,4,9H2,1-3H3/t11-/m0/s1. The second kappa shape index (κ2) is 6.35. The molecular formula is C15H20BrN3. The molecule has 1 atom stereocenters. The fraction of sp³-hybridized carbons (Fsp3) is 0.400. The predicted octanol–water partition coefficient (Wildman–Crippen LogP) is 3.60. The zero-order valence-electron chi connectivity index (χ0n) is 11.7. The Bertz CT molecular complexity index is 548. The zero-order valence-corrected chi connectivity index (χ0v) is 13.2. The topological polar surface area (TPSA) is 29.9 Å². The molecule has 0 aliphatic heterocycles. The van der Waals surface area contributed by atoms with E-state index in [1.165, 1.54) is 16.8 Å². The summed E-state index contributed by atoms with van der Waals surface area (Å²) in [6, 6.07) is 8.64. The second-order valence-electron chi connectivity index (χ2n) is 4.75. The number of aryl methyl sites for hydroxylation is 2. The van der Waals surface area contributed by atoms with Crippen LogP contribution in [0.5, 0.6) is 0 Å².